The Morgan fingerprint density at radius 3 is 2.30 bits per heavy atom. The number of nitro benzene ring substituents is 1. The van der Waals surface area contributed by atoms with Gasteiger partial charge in [-0.2, -0.15) is 0 Å². The van der Waals surface area contributed by atoms with Gasteiger partial charge in [-0.05, 0) is 41.7 Å². The molecule has 0 aliphatic rings. The van der Waals surface area contributed by atoms with E-state index in [2.05, 4.69) is 26.1 Å². The van der Waals surface area contributed by atoms with Crippen molar-refractivity contribution in [1.82, 2.24) is 0 Å². The smallest absolute Gasteiger partial charge is 0.338 e. The van der Waals surface area contributed by atoms with E-state index in [1.54, 1.807) is 25.1 Å². The van der Waals surface area contributed by atoms with Crippen molar-refractivity contribution in [3.8, 4) is 0 Å². The zero-order valence-corrected chi connectivity index (χ0v) is 15.7. The number of nitrogens with zero attached hydrogens (tertiary/aromatic N) is 1. The Morgan fingerprint density at radius 1 is 1.11 bits per heavy atom. The maximum absolute atomic E-state index is 12.1. The molecule has 0 spiro atoms. The van der Waals surface area contributed by atoms with Gasteiger partial charge in [0.2, 0.25) is 0 Å². The van der Waals surface area contributed by atoms with Crippen molar-refractivity contribution in [2.45, 2.75) is 33.1 Å². The molecule has 142 valence electrons. The third-order valence-corrected chi connectivity index (χ3v) is 3.95. The van der Waals surface area contributed by atoms with Crippen LogP contribution in [-0.4, -0.2) is 23.4 Å². The molecule has 0 aliphatic carbocycles. The summed E-state index contributed by atoms with van der Waals surface area (Å²) >= 11 is 0. The molecule has 7 heteroatoms. The molecule has 0 saturated heterocycles. The van der Waals surface area contributed by atoms with Gasteiger partial charge in [-0.25, -0.2) is 4.79 Å². The Morgan fingerprint density at radius 2 is 1.74 bits per heavy atom. The second-order valence-electron chi connectivity index (χ2n) is 7.23. The first-order valence-corrected chi connectivity index (χ1v) is 8.40. The van der Waals surface area contributed by atoms with Gasteiger partial charge in [-0.15, -0.1) is 0 Å². The number of anilines is 1. The van der Waals surface area contributed by atoms with Crippen molar-refractivity contribution in [2.24, 2.45) is 0 Å². The van der Waals surface area contributed by atoms with Crippen molar-refractivity contribution in [1.29, 1.82) is 0 Å². The van der Waals surface area contributed by atoms with Gasteiger partial charge < -0.3 is 10.1 Å². The lowest BCUT2D eigenvalue weighted by molar-refractivity contribution is -0.384. The van der Waals surface area contributed by atoms with E-state index in [-0.39, 0.29) is 16.8 Å². The molecular weight excluding hydrogens is 348 g/mol. The lowest BCUT2D eigenvalue weighted by Gasteiger charge is -2.18. The number of aryl methyl sites for hydroxylation is 1. The van der Waals surface area contributed by atoms with Crippen LogP contribution in [0.3, 0.4) is 0 Å². The standard InChI is InChI=1S/C20H22N2O5/c1-13-5-10-16(17(11-13)22(25)26)21-18(23)12-27-19(24)14-6-8-15(9-7-14)20(2,3)4/h5-11H,12H2,1-4H3,(H,21,23). The summed E-state index contributed by atoms with van der Waals surface area (Å²) in [6.45, 7) is 7.37. The number of carbonyl (C=O) groups is 2. The summed E-state index contributed by atoms with van der Waals surface area (Å²) in [5, 5.41) is 13.5. The van der Waals surface area contributed by atoms with Gasteiger partial charge in [0.1, 0.15) is 5.69 Å². The molecule has 0 aliphatic heterocycles. The number of nitro groups is 1. The van der Waals surface area contributed by atoms with Crippen molar-refractivity contribution in [3.05, 3.63) is 69.3 Å². The zero-order valence-electron chi connectivity index (χ0n) is 15.7. The summed E-state index contributed by atoms with van der Waals surface area (Å²) in [6.07, 6.45) is 0. The number of carbonyl (C=O) groups excluding carboxylic acids is 2. The minimum atomic E-state index is -0.651. The van der Waals surface area contributed by atoms with Gasteiger partial charge in [-0.1, -0.05) is 39.0 Å². The highest BCUT2D eigenvalue weighted by atomic mass is 16.6. The highest BCUT2D eigenvalue weighted by Gasteiger charge is 2.18. The van der Waals surface area contributed by atoms with E-state index in [0.29, 0.717) is 11.1 Å². The molecule has 1 N–H and O–H groups in total. The van der Waals surface area contributed by atoms with Gasteiger partial charge >= 0.3 is 5.97 Å². The molecule has 0 bridgehead atoms. The van der Waals surface area contributed by atoms with Gasteiger partial charge in [-0.3, -0.25) is 14.9 Å². The number of benzene rings is 2. The Kier molecular flexibility index (Phi) is 5.95. The van der Waals surface area contributed by atoms with Gasteiger partial charge in [0.15, 0.2) is 6.61 Å². The lowest BCUT2D eigenvalue weighted by atomic mass is 9.87. The van der Waals surface area contributed by atoms with Crippen LogP contribution in [0.25, 0.3) is 0 Å². The fraction of sp³-hybridized carbons (Fsp3) is 0.300. The Labute approximate surface area is 157 Å². The van der Waals surface area contributed by atoms with E-state index in [9.17, 15) is 19.7 Å². The lowest BCUT2D eigenvalue weighted by Crippen LogP contribution is -2.21. The maximum Gasteiger partial charge on any atom is 0.338 e. The molecule has 2 aromatic rings. The first-order chi connectivity index (χ1) is 12.6. The third kappa shape index (κ3) is 5.37. The number of amides is 1. The van der Waals surface area contributed by atoms with Crippen molar-refractivity contribution in [3.63, 3.8) is 0 Å². The van der Waals surface area contributed by atoms with Crippen LogP contribution in [0.15, 0.2) is 42.5 Å². The van der Waals surface area contributed by atoms with Gasteiger partial charge in [0, 0.05) is 6.07 Å². The molecule has 0 saturated carbocycles. The molecule has 27 heavy (non-hydrogen) atoms. The van der Waals surface area contributed by atoms with Crippen LogP contribution in [0.2, 0.25) is 0 Å². The molecule has 7 nitrogen and oxygen atoms in total. The maximum atomic E-state index is 12.1. The SMILES string of the molecule is Cc1ccc(NC(=O)COC(=O)c2ccc(C(C)(C)C)cc2)c([N+](=O)[O-])c1. The summed E-state index contributed by atoms with van der Waals surface area (Å²) in [7, 11) is 0. The van der Waals surface area contributed by atoms with Crippen LogP contribution in [-0.2, 0) is 14.9 Å². The first-order valence-electron chi connectivity index (χ1n) is 8.40. The summed E-state index contributed by atoms with van der Waals surface area (Å²) in [4.78, 5) is 34.5. The van der Waals surface area contributed by atoms with Crippen LogP contribution in [0.5, 0.6) is 0 Å². The number of ether oxygens (including phenoxy) is 1. The summed E-state index contributed by atoms with van der Waals surface area (Å²) in [5.74, 6) is -1.29. The summed E-state index contributed by atoms with van der Waals surface area (Å²) < 4.78 is 4.99. The molecule has 0 atom stereocenters. The van der Waals surface area contributed by atoms with E-state index in [1.165, 1.54) is 12.1 Å². The molecule has 0 radical (unpaired) electrons. The van der Waals surface area contributed by atoms with E-state index in [1.807, 2.05) is 12.1 Å². The minimum Gasteiger partial charge on any atom is -0.452 e. The second kappa shape index (κ2) is 7.99. The average molecular weight is 370 g/mol. The fourth-order valence-corrected chi connectivity index (χ4v) is 2.41. The summed E-state index contributed by atoms with van der Waals surface area (Å²) in [6, 6.07) is 11.4. The topological polar surface area (TPSA) is 98.5 Å². The Bertz CT molecular complexity index is 867. The number of nitrogens with one attached hydrogen (secondary N) is 1. The fourth-order valence-electron chi connectivity index (χ4n) is 2.41. The number of hydrogen-bond donors (Lipinski definition) is 1. The molecule has 2 aromatic carbocycles. The van der Waals surface area contributed by atoms with E-state index >= 15 is 0 Å². The third-order valence-electron chi connectivity index (χ3n) is 3.95. The predicted molar refractivity (Wildman–Crippen MR) is 102 cm³/mol. The Hall–Kier alpha value is -3.22. The zero-order chi connectivity index (χ0) is 20.2. The van der Waals surface area contributed by atoms with Crippen LogP contribution in [0.1, 0.15) is 42.3 Å². The van der Waals surface area contributed by atoms with E-state index < -0.39 is 23.4 Å². The quantitative estimate of drug-likeness (QED) is 0.487. The predicted octanol–water partition coefficient (Wildman–Crippen LogP) is 4.00. The monoisotopic (exact) mass is 370 g/mol. The van der Waals surface area contributed by atoms with Crippen LogP contribution >= 0.6 is 0 Å². The Balaban J connectivity index is 1.98. The average Bonchev–Trinajstić information content (AvgIpc) is 2.60. The molecule has 0 fully saturated rings. The van der Waals surface area contributed by atoms with Gasteiger partial charge in [0.05, 0.1) is 10.5 Å². The van der Waals surface area contributed by atoms with Crippen LogP contribution < -0.4 is 5.32 Å². The van der Waals surface area contributed by atoms with Crippen molar-refractivity contribution in [2.75, 3.05) is 11.9 Å². The summed E-state index contributed by atoms with van der Waals surface area (Å²) in [5.41, 5.74) is 1.91. The first kappa shape index (κ1) is 20.1. The normalized spacial score (nSPS) is 11.0. The number of hydrogen-bond acceptors (Lipinski definition) is 5. The van der Waals surface area contributed by atoms with Crippen molar-refractivity contribution < 1.29 is 19.2 Å². The van der Waals surface area contributed by atoms with Crippen molar-refractivity contribution >= 4 is 23.3 Å². The highest BCUT2D eigenvalue weighted by molar-refractivity contribution is 5.96. The van der Waals surface area contributed by atoms with E-state index in [4.69, 9.17) is 4.74 Å². The number of esters is 1. The highest BCUT2D eigenvalue weighted by Crippen LogP contribution is 2.25. The largest absolute Gasteiger partial charge is 0.452 e. The van der Waals surface area contributed by atoms with E-state index in [0.717, 1.165) is 5.56 Å². The molecule has 0 heterocycles. The molecule has 2 rings (SSSR count). The van der Waals surface area contributed by atoms with Crippen LogP contribution in [0, 0.1) is 17.0 Å². The minimum absolute atomic E-state index is 0.0366. The second-order valence-corrected chi connectivity index (χ2v) is 7.23. The molecular formula is C20H22N2O5. The van der Waals surface area contributed by atoms with Crippen LogP contribution in [0.4, 0.5) is 11.4 Å². The molecule has 1 amide bonds. The molecule has 0 unspecified atom stereocenters. The van der Waals surface area contributed by atoms with Gasteiger partial charge in [0.25, 0.3) is 11.6 Å². The molecule has 0 aromatic heterocycles. The number of rotatable bonds is 5.